The average molecular weight is 352 g/mol. The van der Waals surface area contributed by atoms with E-state index in [4.69, 9.17) is 5.11 Å². The lowest BCUT2D eigenvalue weighted by atomic mass is 9.52. The van der Waals surface area contributed by atoms with Crippen molar-refractivity contribution in [3.63, 3.8) is 0 Å². The summed E-state index contributed by atoms with van der Waals surface area (Å²) in [7, 11) is 0. The summed E-state index contributed by atoms with van der Waals surface area (Å²) in [4.78, 5) is 0. The molecule has 0 bridgehead atoms. The molecule has 144 valence electrons. The molecule has 7 atom stereocenters. The zero-order chi connectivity index (χ0) is 18.2. The highest BCUT2D eigenvalue weighted by Gasteiger charge is 2.56. The van der Waals surface area contributed by atoms with Crippen LogP contribution in [0.25, 0.3) is 0 Å². The zero-order valence-corrected chi connectivity index (χ0v) is 16.0. The monoisotopic (exact) mass is 351 g/mol. The average Bonchev–Trinajstić information content (AvgIpc) is 2.88. The van der Waals surface area contributed by atoms with Crippen molar-refractivity contribution < 1.29 is 15.3 Å². The second-order valence-corrected chi connectivity index (χ2v) is 9.36. The Hall–Kier alpha value is -0.420. The Morgan fingerprint density at radius 2 is 1.88 bits per heavy atom. The summed E-state index contributed by atoms with van der Waals surface area (Å²) in [6, 6.07) is 0. The Morgan fingerprint density at radius 1 is 1.12 bits per heavy atom. The lowest BCUT2D eigenvalue weighted by Crippen LogP contribution is -2.54. The minimum atomic E-state index is -0.265. The molecule has 3 rings (SSSR count). The molecule has 0 amide bonds. The van der Waals surface area contributed by atoms with Gasteiger partial charge >= 0.3 is 0 Å². The van der Waals surface area contributed by atoms with Crippen molar-refractivity contribution in [2.24, 2.45) is 28.6 Å². The van der Waals surface area contributed by atoms with Gasteiger partial charge in [-0.1, -0.05) is 26.0 Å². The molecule has 0 spiro atoms. The molecular formula is C21H37NO3. The molecule has 4 nitrogen and oxygen atoms in total. The molecule has 0 aromatic carbocycles. The number of allylic oxidation sites excluding steroid dienone is 1. The van der Waals surface area contributed by atoms with Gasteiger partial charge in [0, 0.05) is 6.54 Å². The highest BCUT2D eigenvalue weighted by molar-refractivity contribution is 5.21. The quantitative estimate of drug-likeness (QED) is 0.454. The van der Waals surface area contributed by atoms with E-state index in [1.54, 1.807) is 0 Å². The fourth-order valence-electron chi connectivity index (χ4n) is 6.29. The van der Waals surface area contributed by atoms with Crippen LogP contribution in [-0.4, -0.2) is 47.2 Å². The molecule has 0 aliphatic heterocycles. The predicted molar refractivity (Wildman–Crippen MR) is 100 cm³/mol. The van der Waals surface area contributed by atoms with Crippen LogP contribution in [0.4, 0.5) is 0 Å². The summed E-state index contributed by atoms with van der Waals surface area (Å²) in [5.41, 5.74) is 1.50. The first-order valence-corrected chi connectivity index (χ1v) is 10.2. The number of rotatable bonds is 5. The van der Waals surface area contributed by atoms with Crippen molar-refractivity contribution in [3.8, 4) is 0 Å². The lowest BCUT2D eigenvalue weighted by molar-refractivity contribution is -0.118. The number of aliphatic hydroxyl groups is 3. The fourth-order valence-corrected chi connectivity index (χ4v) is 6.29. The van der Waals surface area contributed by atoms with E-state index in [0.29, 0.717) is 24.3 Å². The molecule has 3 fully saturated rings. The van der Waals surface area contributed by atoms with Crippen LogP contribution in [0.15, 0.2) is 12.2 Å². The standard InChI is InChI=1S/C21H37NO3/c1-14-4-5-17-19(25)18(7-9-20(14,17)2)21(3)8-6-16(24)12-15(21)13-22-10-11-23/h15-19,22-25H,1,4-13H2,2-3H3/t15-,16+,17?,18?,19-,20+,21+/m1/s1. The van der Waals surface area contributed by atoms with Crippen LogP contribution in [0.1, 0.15) is 58.8 Å². The number of fused-ring (bicyclic) bond motifs is 1. The van der Waals surface area contributed by atoms with Crippen LogP contribution < -0.4 is 5.32 Å². The Kier molecular flexibility index (Phi) is 5.65. The summed E-state index contributed by atoms with van der Waals surface area (Å²) in [6.45, 7) is 10.5. The van der Waals surface area contributed by atoms with Crippen molar-refractivity contribution in [3.05, 3.63) is 12.2 Å². The molecule has 2 unspecified atom stereocenters. The van der Waals surface area contributed by atoms with E-state index >= 15 is 0 Å². The van der Waals surface area contributed by atoms with Gasteiger partial charge in [-0.2, -0.15) is 0 Å². The molecule has 0 saturated heterocycles. The molecule has 0 radical (unpaired) electrons. The van der Waals surface area contributed by atoms with E-state index in [1.165, 1.54) is 5.57 Å². The van der Waals surface area contributed by atoms with Gasteiger partial charge in [0.2, 0.25) is 0 Å². The van der Waals surface area contributed by atoms with Gasteiger partial charge in [0.25, 0.3) is 0 Å². The van der Waals surface area contributed by atoms with Gasteiger partial charge in [-0.15, -0.1) is 0 Å². The Bertz CT molecular complexity index is 496. The van der Waals surface area contributed by atoms with Gasteiger partial charge < -0.3 is 20.6 Å². The first kappa shape index (κ1) is 19.3. The van der Waals surface area contributed by atoms with Gasteiger partial charge in [0.05, 0.1) is 18.8 Å². The maximum Gasteiger partial charge on any atom is 0.0610 e. The molecule has 25 heavy (non-hydrogen) atoms. The molecule has 3 aliphatic carbocycles. The number of hydrogen-bond donors (Lipinski definition) is 4. The largest absolute Gasteiger partial charge is 0.395 e. The number of aliphatic hydroxyl groups excluding tert-OH is 3. The van der Waals surface area contributed by atoms with E-state index < -0.39 is 0 Å². The third-order valence-corrected chi connectivity index (χ3v) is 8.21. The van der Waals surface area contributed by atoms with E-state index in [9.17, 15) is 10.2 Å². The van der Waals surface area contributed by atoms with Gasteiger partial charge in [-0.25, -0.2) is 0 Å². The Labute approximate surface area is 152 Å². The van der Waals surface area contributed by atoms with Gasteiger partial charge in [0.15, 0.2) is 0 Å². The molecule has 3 aliphatic rings. The SMILES string of the molecule is C=C1CCC2[C@@H](O)C([C@@]3(C)CC[C@H](O)C[C@@H]3CNCCO)CC[C@@]12C. The highest BCUT2D eigenvalue weighted by atomic mass is 16.3. The van der Waals surface area contributed by atoms with Crippen LogP contribution >= 0.6 is 0 Å². The third kappa shape index (κ3) is 3.31. The summed E-state index contributed by atoms with van der Waals surface area (Å²) < 4.78 is 0. The zero-order valence-electron chi connectivity index (χ0n) is 16.0. The van der Waals surface area contributed by atoms with Crippen molar-refractivity contribution in [2.75, 3.05) is 19.7 Å². The minimum absolute atomic E-state index is 0.0480. The predicted octanol–water partition coefficient (Wildman–Crippen LogP) is 2.48. The van der Waals surface area contributed by atoms with Gasteiger partial charge in [-0.05, 0) is 80.1 Å². The fraction of sp³-hybridized carbons (Fsp3) is 0.905. The third-order valence-electron chi connectivity index (χ3n) is 8.21. The lowest BCUT2D eigenvalue weighted by Gasteiger charge is -2.55. The molecule has 4 heteroatoms. The molecule has 0 aromatic heterocycles. The highest BCUT2D eigenvalue weighted by Crippen LogP contribution is 2.61. The van der Waals surface area contributed by atoms with E-state index in [-0.39, 0.29) is 29.6 Å². The maximum absolute atomic E-state index is 11.3. The van der Waals surface area contributed by atoms with Gasteiger partial charge in [0.1, 0.15) is 0 Å². The summed E-state index contributed by atoms with van der Waals surface area (Å²) in [5.74, 6) is 0.981. The van der Waals surface area contributed by atoms with Crippen LogP contribution in [0, 0.1) is 28.6 Å². The Balaban J connectivity index is 1.78. The molecular weight excluding hydrogens is 314 g/mol. The van der Waals surface area contributed by atoms with E-state index in [1.807, 2.05) is 0 Å². The van der Waals surface area contributed by atoms with E-state index in [0.717, 1.165) is 51.5 Å². The van der Waals surface area contributed by atoms with Crippen LogP contribution in [0.2, 0.25) is 0 Å². The second kappa shape index (κ2) is 7.30. The smallest absolute Gasteiger partial charge is 0.0610 e. The summed E-state index contributed by atoms with van der Waals surface area (Å²) in [6.07, 6.45) is 6.43. The Morgan fingerprint density at radius 3 is 2.60 bits per heavy atom. The van der Waals surface area contributed by atoms with E-state index in [2.05, 4.69) is 25.7 Å². The summed E-state index contributed by atoms with van der Waals surface area (Å²) >= 11 is 0. The molecule has 3 saturated carbocycles. The number of nitrogens with one attached hydrogen (secondary N) is 1. The topological polar surface area (TPSA) is 72.7 Å². The minimum Gasteiger partial charge on any atom is -0.395 e. The van der Waals surface area contributed by atoms with Crippen molar-refractivity contribution in [2.45, 2.75) is 71.0 Å². The van der Waals surface area contributed by atoms with Crippen molar-refractivity contribution in [1.82, 2.24) is 5.32 Å². The van der Waals surface area contributed by atoms with Crippen LogP contribution in [-0.2, 0) is 0 Å². The first-order chi connectivity index (χ1) is 11.8. The van der Waals surface area contributed by atoms with Crippen LogP contribution in [0.5, 0.6) is 0 Å². The second-order valence-electron chi connectivity index (χ2n) is 9.36. The van der Waals surface area contributed by atoms with Crippen molar-refractivity contribution >= 4 is 0 Å². The molecule has 0 aromatic rings. The van der Waals surface area contributed by atoms with Crippen molar-refractivity contribution in [1.29, 1.82) is 0 Å². The maximum atomic E-state index is 11.3. The number of hydrogen-bond acceptors (Lipinski definition) is 4. The summed E-state index contributed by atoms with van der Waals surface area (Å²) in [5, 5.41) is 33.9. The van der Waals surface area contributed by atoms with Gasteiger partial charge in [-0.3, -0.25) is 0 Å². The van der Waals surface area contributed by atoms with Crippen LogP contribution in [0.3, 0.4) is 0 Å². The normalized spacial score (nSPS) is 47.7. The molecule has 4 N–H and O–H groups in total. The first-order valence-electron chi connectivity index (χ1n) is 10.2. The molecule has 0 heterocycles.